The first-order valence-corrected chi connectivity index (χ1v) is 7.80. The summed E-state index contributed by atoms with van der Waals surface area (Å²) < 4.78 is 5.47. The summed E-state index contributed by atoms with van der Waals surface area (Å²) in [4.78, 5) is 4.60. The van der Waals surface area contributed by atoms with Crippen molar-refractivity contribution in [1.82, 2.24) is 10.3 Å². The molecule has 21 heavy (non-hydrogen) atoms. The number of benzene rings is 1. The number of aryl methyl sites for hydroxylation is 1. The molecule has 0 saturated carbocycles. The van der Waals surface area contributed by atoms with Gasteiger partial charge in [-0.15, -0.1) is 0 Å². The molecule has 1 aromatic carbocycles. The molecule has 2 aromatic rings. The second-order valence-electron chi connectivity index (χ2n) is 6.47. The lowest BCUT2D eigenvalue weighted by Gasteiger charge is -2.33. The van der Waals surface area contributed by atoms with Crippen LogP contribution in [0.3, 0.4) is 0 Å². The maximum Gasteiger partial charge on any atom is 0.0708 e. The van der Waals surface area contributed by atoms with Gasteiger partial charge < -0.3 is 10.1 Å². The Bertz CT molecular complexity index is 618. The number of nitrogens with zero attached hydrogens (tertiary/aromatic N) is 1. The van der Waals surface area contributed by atoms with Crippen LogP contribution in [0.4, 0.5) is 0 Å². The molecule has 1 fully saturated rings. The summed E-state index contributed by atoms with van der Waals surface area (Å²) in [6.45, 7) is 8.17. The number of rotatable bonds is 4. The van der Waals surface area contributed by atoms with Crippen molar-refractivity contribution in [1.29, 1.82) is 0 Å². The molecule has 0 amide bonds. The highest BCUT2D eigenvalue weighted by Crippen LogP contribution is 2.29. The van der Waals surface area contributed by atoms with Crippen molar-refractivity contribution < 1.29 is 4.74 Å². The summed E-state index contributed by atoms with van der Waals surface area (Å²) in [6, 6.07) is 10.6. The van der Waals surface area contributed by atoms with Crippen molar-refractivity contribution >= 4 is 10.9 Å². The fourth-order valence-corrected chi connectivity index (χ4v) is 3.08. The third kappa shape index (κ3) is 3.42. The monoisotopic (exact) mass is 284 g/mol. The van der Waals surface area contributed by atoms with Crippen LogP contribution in [0.15, 0.2) is 30.3 Å². The Hall–Kier alpha value is -1.45. The Morgan fingerprint density at radius 2 is 2.00 bits per heavy atom. The fraction of sp³-hybridized carbons (Fsp3) is 0.500. The second-order valence-corrected chi connectivity index (χ2v) is 6.47. The molecule has 0 radical (unpaired) electrons. The molecule has 1 aliphatic heterocycles. The highest BCUT2D eigenvalue weighted by atomic mass is 16.5. The molecular formula is C18H24N2O. The number of para-hydroxylation sites is 1. The second kappa shape index (κ2) is 6.12. The molecule has 1 N–H and O–H groups in total. The molecule has 3 rings (SSSR count). The lowest BCUT2D eigenvalue weighted by Crippen LogP contribution is -2.36. The SMILES string of the molecule is Cc1cc(CNCC2(C)CCOCC2)c2ccccc2n1. The molecule has 0 spiro atoms. The van der Waals surface area contributed by atoms with E-state index < -0.39 is 0 Å². The van der Waals surface area contributed by atoms with E-state index in [0.29, 0.717) is 5.41 Å². The van der Waals surface area contributed by atoms with Crippen molar-refractivity contribution in [2.75, 3.05) is 19.8 Å². The van der Waals surface area contributed by atoms with Crippen molar-refractivity contribution in [3.63, 3.8) is 0 Å². The summed E-state index contributed by atoms with van der Waals surface area (Å²) >= 11 is 0. The third-order valence-corrected chi connectivity index (χ3v) is 4.50. The van der Waals surface area contributed by atoms with Crippen LogP contribution in [0.5, 0.6) is 0 Å². The van der Waals surface area contributed by atoms with Crippen molar-refractivity contribution in [3.05, 3.63) is 41.6 Å². The number of nitrogens with one attached hydrogen (secondary N) is 1. The normalized spacial score (nSPS) is 18.0. The summed E-state index contributed by atoms with van der Waals surface area (Å²) in [5, 5.41) is 4.91. The van der Waals surface area contributed by atoms with Crippen LogP contribution in [-0.4, -0.2) is 24.7 Å². The van der Waals surface area contributed by atoms with Gasteiger partial charge in [-0.2, -0.15) is 0 Å². The Balaban J connectivity index is 1.70. The number of hydrogen-bond donors (Lipinski definition) is 1. The molecule has 3 heteroatoms. The van der Waals surface area contributed by atoms with Crippen LogP contribution in [0, 0.1) is 12.3 Å². The smallest absolute Gasteiger partial charge is 0.0708 e. The predicted molar refractivity (Wildman–Crippen MR) is 86.3 cm³/mol. The van der Waals surface area contributed by atoms with Crippen LogP contribution in [-0.2, 0) is 11.3 Å². The van der Waals surface area contributed by atoms with Gasteiger partial charge in [0.1, 0.15) is 0 Å². The van der Waals surface area contributed by atoms with E-state index in [9.17, 15) is 0 Å². The van der Waals surface area contributed by atoms with Crippen LogP contribution in [0.2, 0.25) is 0 Å². The highest BCUT2D eigenvalue weighted by molar-refractivity contribution is 5.82. The summed E-state index contributed by atoms with van der Waals surface area (Å²) in [5.41, 5.74) is 3.89. The van der Waals surface area contributed by atoms with Crippen molar-refractivity contribution in [2.45, 2.75) is 33.2 Å². The molecule has 0 bridgehead atoms. The zero-order valence-electron chi connectivity index (χ0n) is 13.0. The molecule has 0 aliphatic carbocycles. The van der Waals surface area contributed by atoms with Crippen LogP contribution < -0.4 is 5.32 Å². The van der Waals surface area contributed by atoms with Gasteiger partial charge in [-0.3, -0.25) is 4.98 Å². The average molecular weight is 284 g/mol. The van der Waals surface area contributed by atoms with Crippen molar-refractivity contribution in [3.8, 4) is 0 Å². The lowest BCUT2D eigenvalue weighted by molar-refractivity contribution is 0.0240. The summed E-state index contributed by atoms with van der Waals surface area (Å²) in [5.74, 6) is 0. The standard InChI is InChI=1S/C18H24N2O/c1-14-11-15(16-5-3-4-6-17(16)20-14)12-19-13-18(2)7-9-21-10-8-18/h3-6,11,19H,7-10,12-13H2,1-2H3. The molecule has 1 aliphatic rings. The highest BCUT2D eigenvalue weighted by Gasteiger charge is 2.26. The summed E-state index contributed by atoms with van der Waals surface area (Å²) in [6.07, 6.45) is 2.30. The van der Waals surface area contributed by atoms with Gasteiger partial charge >= 0.3 is 0 Å². The van der Waals surface area contributed by atoms with Gasteiger partial charge in [0.2, 0.25) is 0 Å². The fourth-order valence-electron chi connectivity index (χ4n) is 3.08. The first-order valence-electron chi connectivity index (χ1n) is 7.80. The number of fused-ring (bicyclic) bond motifs is 1. The van der Waals surface area contributed by atoms with E-state index in [1.165, 1.54) is 10.9 Å². The minimum absolute atomic E-state index is 0.371. The van der Waals surface area contributed by atoms with Gasteiger partial charge in [0.25, 0.3) is 0 Å². The van der Waals surface area contributed by atoms with Gasteiger partial charge in [-0.25, -0.2) is 0 Å². The van der Waals surface area contributed by atoms with E-state index >= 15 is 0 Å². The average Bonchev–Trinajstić information content (AvgIpc) is 2.47. The number of aromatic nitrogens is 1. The molecule has 2 heterocycles. The van der Waals surface area contributed by atoms with Gasteiger partial charge in [-0.05, 0) is 42.9 Å². The maximum absolute atomic E-state index is 5.47. The molecule has 1 saturated heterocycles. The first-order chi connectivity index (χ1) is 10.2. The van der Waals surface area contributed by atoms with E-state index in [-0.39, 0.29) is 0 Å². The van der Waals surface area contributed by atoms with Crippen LogP contribution in [0.25, 0.3) is 10.9 Å². The molecule has 0 atom stereocenters. The Morgan fingerprint density at radius 3 is 2.81 bits per heavy atom. The number of ether oxygens (including phenoxy) is 1. The van der Waals surface area contributed by atoms with Gasteiger partial charge in [0.15, 0.2) is 0 Å². The topological polar surface area (TPSA) is 34.1 Å². The minimum atomic E-state index is 0.371. The largest absolute Gasteiger partial charge is 0.381 e. The zero-order chi connectivity index (χ0) is 14.7. The van der Waals surface area contributed by atoms with E-state index in [2.05, 4.69) is 54.5 Å². The van der Waals surface area contributed by atoms with E-state index in [1.807, 2.05) is 0 Å². The van der Waals surface area contributed by atoms with E-state index in [4.69, 9.17) is 4.74 Å². The third-order valence-electron chi connectivity index (χ3n) is 4.50. The Kier molecular flexibility index (Phi) is 4.22. The maximum atomic E-state index is 5.47. The number of pyridine rings is 1. The van der Waals surface area contributed by atoms with Gasteiger partial charge in [0.05, 0.1) is 5.52 Å². The van der Waals surface area contributed by atoms with E-state index in [0.717, 1.165) is 50.4 Å². The Morgan fingerprint density at radius 1 is 1.24 bits per heavy atom. The molecule has 0 unspecified atom stereocenters. The van der Waals surface area contributed by atoms with E-state index in [1.54, 1.807) is 0 Å². The zero-order valence-corrected chi connectivity index (χ0v) is 13.0. The van der Waals surface area contributed by atoms with Gasteiger partial charge in [-0.1, -0.05) is 25.1 Å². The van der Waals surface area contributed by atoms with Crippen LogP contribution in [0.1, 0.15) is 31.0 Å². The lowest BCUT2D eigenvalue weighted by atomic mass is 9.82. The Labute approximate surface area is 126 Å². The number of hydrogen-bond acceptors (Lipinski definition) is 3. The molecule has 112 valence electrons. The quantitative estimate of drug-likeness (QED) is 0.933. The molecule has 1 aromatic heterocycles. The van der Waals surface area contributed by atoms with Crippen molar-refractivity contribution in [2.24, 2.45) is 5.41 Å². The minimum Gasteiger partial charge on any atom is -0.381 e. The first kappa shape index (κ1) is 14.5. The predicted octanol–water partition coefficient (Wildman–Crippen LogP) is 3.45. The van der Waals surface area contributed by atoms with Crippen LogP contribution >= 0.6 is 0 Å². The van der Waals surface area contributed by atoms with Gasteiger partial charge in [0, 0.05) is 37.4 Å². The molecular weight excluding hydrogens is 260 g/mol. The summed E-state index contributed by atoms with van der Waals surface area (Å²) in [7, 11) is 0. The molecule has 3 nitrogen and oxygen atoms in total.